The third kappa shape index (κ3) is 9.90. The largest absolute Gasteiger partial charge is 0.394 e. The molecule has 1 heterocycles. The first kappa shape index (κ1) is 39.2. The minimum absolute atomic E-state index is 0.0845. The van der Waals surface area contributed by atoms with Gasteiger partial charge in [0.25, 0.3) is 0 Å². The SMILES string of the molecule is O=C(CC(=O)NCC(O)C(O)C(O)C(O)CO)NCc1ccc(N2C(=O)C(CCC(O)c3ccc(F)cc3)C2c2ccc(-c3ccccc3)cc2)cc1. The van der Waals surface area contributed by atoms with Gasteiger partial charge in [-0.3, -0.25) is 14.4 Å². The molecule has 0 saturated carbocycles. The second-order valence-electron chi connectivity index (χ2n) is 13.1. The highest BCUT2D eigenvalue weighted by atomic mass is 19.1. The summed E-state index contributed by atoms with van der Waals surface area (Å²) in [5, 5.41) is 63.5. The van der Waals surface area contributed by atoms with Crippen molar-refractivity contribution in [2.24, 2.45) is 5.92 Å². The summed E-state index contributed by atoms with van der Waals surface area (Å²) < 4.78 is 13.4. The van der Waals surface area contributed by atoms with Crippen molar-refractivity contribution in [2.45, 2.75) is 62.4 Å². The average Bonchev–Trinajstić information content (AvgIpc) is 3.18. The Morgan fingerprint density at radius 1 is 0.736 bits per heavy atom. The molecule has 0 aromatic heterocycles. The van der Waals surface area contributed by atoms with Gasteiger partial charge in [-0.05, 0) is 64.9 Å². The van der Waals surface area contributed by atoms with Crippen LogP contribution in [0.15, 0.2) is 103 Å². The highest BCUT2D eigenvalue weighted by molar-refractivity contribution is 6.03. The molecular weight excluding hydrogens is 685 g/mol. The molecule has 1 aliphatic rings. The maximum atomic E-state index is 13.7. The average molecular weight is 730 g/mol. The molecule has 1 fully saturated rings. The highest BCUT2D eigenvalue weighted by Crippen LogP contribution is 2.46. The lowest BCUT2D eigenvalue weighted by molar-refractivity contribution is -0.132. The van der Waals surface area contributed by atoms with Crippen molar-refractivity contribution in [3.8, 4) is 11.1 Å². The smallest absolute Gasteiger partial charge is 0.233 e. The zero-order valence-corrected chi connectivity index (χ0v) is 28.8. The quantitative estimate of drug-likeness (QED) is 0.0594. The van der Waals surface area contributed by atoms with Crippen LogP contribution in [-0.2, 0) is 20.9 Å². The Labute approximate surface area is 306 Å². The normalized spacial score (nSPS) is 18.3. The van der Waals surface area contributed by atoms with E-state index in [1.54, 1.807) is 29.2 Å². The summed E-state index contributed by atoms with van der Waals surface area (Å²) in [6.45, 7) is -1.26. The molecule has 8 N–H and O–H groups in total. The van der Waals surface area contributed by atoms with Gasteiger partial charge >= 0.3 is 0 Å². The molecule has 5 rings (SSSR count). The van der Waals surface area contributed by atoms with E-state index in [0.717, 1.165) is 16.7 Å². The minimum Gasteiger partial charge on any atom is -0.394 e. The third-order valence-corrected chi connectivity index (χ3v) is 9.44. The molecule has 3 amide bonds. The first-order chi connectivity index (χ1) is 25.5. The lowest BCUT2D eigenvalue weighted by Gasteiger charge is -2.48. The molecule has 0 bridgehead atoms. The fraction of sp³-hybridized carbons (Fsp3) is 0.325. The predicted molar refractivity (Wildman–Crippen MR) is 193 cm³/mol. The molecule has 4 aromatic carbocycles. The van der Waals surface area contributed by atoms with Gasteiger partial charge in [0.2, 0.25) is 17.7 Å². The summed E-state index contributed by atoms with van der Waals surface area (Å²) in [5.74, 6) is -2.26. The Morgan fingerprint density at radius 3 is 1.98 bits per heavy atom. The topological polar surface area (TPSA) is 200 Å². The van der Waals surface area contributed by atoms with Gasteiger partial charge in [0.15, 0.2) is 0 Å². The van der Waals surface area contributed by atoms with Crippen molar-refractivity contribution >= 4 is 23.4 Å². The number of rotatable bonds is 17. The number of carbonyl (C=O) groups excluding carboxylic acids is 3. The number of hydrogen-bond acceptors (Lipinski definition) is 9. The van der Waals surface area contributed by atoms with Crippen LogP contribution in [-0.4, -0.2) is 85.9 Å². The van der Waals surface area contributed by atoms with Crippen LogP contribution in [0.3, 0.4) is 0 Å². The van der Waals surface area contributed by atoms with Gasteiger partial charge in [0, 0.05) is 18.8 Å². The summed E-state index contributed by atoms with van der Waals surface area (Å²) in [5.41, 5.74) is 4.95. The molecule has 4 aromatic rings. The summed E-state index contributed by atoms with van der Waals surface area (Å²) in [6.07, 6.45) is -7.74. The first-order valence-corrected chi connectivity index (χ1v) is 17.3. The second-order valence-corrected chi connectivity index (χ2v) is 13.1. The van der Waals surface area contributed by atoms with Crippen LogP contribution in [0.5, 0.6) is 0 Å². The van der Waals surface area contributed by atoms with Gasteiger partial charge in [0.05, 0.1) is 30.8 Å². The van der Waals surface area contributed by atoms with E-state index < -0.39 is 73.6 Å². The Morgan fingerprint density at radius 2 is 1.34 bits per heavy atom. The molecule has 280 valence electrons. The monoisotopic (exact) mass is 729 g/mol. The molecule has 0 aliphatic carbocycles. The zero-order valence-electron chi connectivity index (χ0n) is 28.8. The number of hydrogen-bond donors (Lipinski definition) is 8. The van der Waals surface area contributed by atoms with Crippen LogP contribution >= 0.6 is 0 Å². The van der Waals surface area contributed by atoms with Crippen molar-refractivity contribution in [3.05, 3.63) is 126 Å². The Bertz CT molecular complexity index is 1810. The lowest BCUT2D eigenvalue weighted by Crippen LogP contribution is -2.55. The van der Waals surface area contributed by atoms with E-state index in [1.807, 2.05) is 54.6 Å². The number of carbonyl (C=O) groups is 3. The van der Waals surface area contributed by atoms with Gasteiger partial charge in [-0.25, -0.2) is 4.39 Å². The van der Waals surface area contributed by atoms with Crippen LogP contribution in [0.25, 0.3) is 11.1 Å². The van der Waals surface area contributed by atoms with Gasteiger partial charge in [-0.1, -0.05) is 78.9 Å². The van der Waals surface area contributed by atoms with Crippen molar-refractivity contribution in [2.75, 3.05) is 18.1 Å². The molecule has 12 nitrogen and oxygen atoms in total. The Balaban J connectivity index is 1.20. The summed E-state index contributed by atoms with van der Waals surface area (Å²) in [4.78, 5) is 40.0. The number of benzene rings is 4. The third-order valence-electron chi connectivity index (χ3n) is 9.44. The van der Waals surface area contributed by atoms with E-state index in [0.29, 0.717) is 29.7 Å². The van der Waals surface area contributed by atoms with Gasteiger partial charge in [-0.2, -0.15) is 0 Å². The molecule has 0 radical (unpaired) electrons. The summed E-state index contributed by atoms with van der Waals surface area (Å²) in [6, 6.07) is 30.4. The van der Waals surface area contributed by atoms with Crippen LogP contribution < -0.4 is 15.5 Å². The summed E-state index contributed by atoms with van der Waals surface area (Å²) in [7, 11) is 0. The van der Waals surface area contributed by atoms with Crippen LogP contribution in [0, 0.1) is 11.7 Å². The van der Waals surface area contributed by atoms with Crippen LogP contribution in [0.4, 0.5) is 10.1 Å². The zero-order chi connectivity index (χ0) is 38.1. The maximum absolute atomic E-state index is 13.7. The van der Waals surface area contributed by atoms with Crippen molar-refractivity contribution in [3.63, 3.8) is 0 Å². The van der Waals surface area contributed by atoms with E-state index in [-0.39, 0.29) is 18.5 Å². The van der Waals surface area contributed by atoms with Gasteiger partial charge in [0.1, 0.15) is 30.5 Å². The molecule has 1 aliphatic heterocycles. The number of halogens is 1. The molecule has 53 heavy (non-hydrogen) atoms. The van der Waals surface area contributed by atoms with E-state index in [9.17, 15) is 44.3 Å². The Kier molecular flexibility index (Phi) is 13.4. The van der Waals surface area contributed by atoms with E-state index in [2.05, 4.69) is 10.6 Å². The molecule has 7 unspecified atom stereocenters. The van der Waals surface area contributed by atoms with Crippen molar-refractivity contribution in [1.82, 2.24) is 10.6 Å². The molecule has 1 saturated heterocycles. The standard InChI is InChI=1S/C40H44FN3O9/c41-29-14-12-27(13-15-29)32(46)19-18-31-37(28-10-8-26(9-11-28)25-4-2-1-3-5-25)44(40(31)53)30-16-6-24(7-17-30)21-42-35(49)20-36(50)43-22-33(47)38(51)39(52)34(48)23-45/h1-17,31-34,37-39,45-48,51-52H,18-23H2,(H,42,49)(H,43,50). The Hall–Kier alpha value is -5.02. The van der Waals surface area contributed by atoms with Crippen LogP contribution in [0.2, 0.25) is 0 Å². The maximum Gasteiger partial charge on any atom is 0.233 e. The number of anilines is 1. The predicted octanol–water partition coefficient (Wildman–Crippen LogP) is 2.27. The molecule has 13 heteroatoms. The van der Waals surface area contributed by atoms with E-state index in [1.165, 1.54) is 24.3 Å². The van der Waals surface area contributed by atoms with E-state index in [4.69, 9.17) is 5.11 Å². The number of β-lactam (4-membered cyclic amide) rings is 1. The van der Waals surface area contributed by atoms with Crippen LogP contribution in [0.1, 0.15) is 48.1 Å². The molecule has 7 atom stereocenters. The number of nitrogens with one attached hydrogen (secondary N) is 2. The highest BCUT2D eigenvalue weighted by Gasteiger charge is 2.48. The van der Waals surface area contributed by atoms with Crippen molar-refractivity contribution < 1.29 is 49.4 Å². The number of nitrogens with zero attached hydrogens (tertiary/aromatic N) is 1. The fourth-order valence-corrected chi connectivity index (χ4v) is 6.34. The number of aliphatic hydroxyl groups is 6. The van der Waals surface area contributed by atoms with Crippen molar-refractivity contribution in [1.29, 1.82) is 0 Å². The summed E-state index contributed by atoms with van der Waals surface area (Å²) >= 11 is 0. The number of amides is 3. The first-order valence-electron chi connectivity index (χ1n) is 17.3. The lowest BCUT2D eigenvalue weighted by atomic mass is 9.78. The fourth-order valence-electron chi connectivity index (χ4n) is 6.34. The van der Waals surface area contributed by atoms with Gasteiger partial charge in [-0.15, -0.1) is 0 Å². The van der Waals surface area contributed by atoms with Gasteiger partial charge < -0.3 is 46.2 Å². The molecule has 0 spiro atoms. The molecular formula is C40H44FN3O9. The second kappa shape index (κ2) is 18.1. The number of aliphatic hydroxyl groups excluding tert-OH is 6. The van der Waals surface area contributed by atoms with E-state index >= 15 is 0 Å². The minimum atomic E-state index is -1.84.